The second-order valence-electron chi connectivity index (χ2n) is 5.76. The Balaban J connectivity index is 3.14. The van der Waals surface area contributed by atoms with Crippen LogP contribution in [-0.4, -0.2) is 43.5 Å². The molecule has 0 atom stereocenters. The number of hydrogen-bond donors (Lipinski definition) is 0. The number of aryl methyl sites for hydroxylation is 1. The number of nitrogens with zero attached hydrogens (tertiary/aromatic N) is 2. The third-order valence-corrected chi connectivity index (χ3v) is 4.17. The topological polar surface area (TPSA) is 49.9 Å². The summed E-state index contributed by atoms with van der Waals surface area (Å²) in [4.78, 5) is 28.0. The van der Waals surface area contributed by atoms with Crippen molar-refractivity contribution in [3.05, 3.63) is 22.7 Å². The molecule has 134 valence electrons. The lowest BCUT2D eigenvalue weighted by Gasteiger charge is -2.28. The zero-order chi connectivity index (χ0) is 18.3. The van der Waals surface area contributed by atoms with Crippen LogP contribution in [-0.2, 0) is 9.59 Å². The Morgan fingerprint density at radius 3 is 2.21 bits per heavy atom. The van der Waals surface area contributed by atoms with Crippen molar-refractivity contribution in [3.8, 4) is 5.75 Å². The molecule has 0 aliphatic heterocycles. The lowest BCUT2D eigenvalue weighted by molar-refractivity contribution is -0.131. The molecule has 0 N–H and O–H groups in total. The van der Waals surface area contributed by atoms with Crippen LogP contribution in [0.25, 0.3) is 0 Å². The van der Waals surface area contributed by atoms with Crippen molar-refractivity contribution in [3.63, 3.8) is 0 Å². The largest absolute Gasteiger partial charge is 0.495 e. The average Bonchev–Trinajstić information content (AvgIpc) is 2.54. The van der Waals surface area contributed by atoms with E-state index in [9.17, 15) is 9.59 Å². The van der Waals surface area contributed by atoms with Crippen LogP contribution in [0.5, 0.6) is 5.75 Å². The number of hydrogen-bond acceptors (Lipinski definition) is 3. The van der Waals surface area contributed by atoms with Gasteiger partial charge in [-0.25, -0.2) is 0 Å². The Hall–Kier alpha value is -1.75. The minimum absolute atomic E-state index is 0.00718. The van der Waals surface area contributed by atoms with E-state index in [1.807, 2.05) is 20.8 Å². The molecule has 0 aliphatic rings. The number of carbonyl (C=O) groups excluding carboxylic acids is 2. The van der Waals surface area contributed by atoms with E-state index in [1.165, 1.54) is 18.9 Å². The molecule has 0 saturated heterocycles. The van der Waals surface area contributed by atoms with Crippen LogP contribution in [0.2, 0.25) is 5.02 Å². The molecule has 0 unspecified atom stereocenters. The van der Waals surface area contributed by atoms with Gasteiger partial charge in [-0.2, -0.15) is 0 Å². The molecule has 1 aromatic rings. The first-order valence-corrected chi connectivity index (χ1v) is 8.63. The van der Waals surface area contributed by atoms with E-state index >= 15 is 0 Å². The summed E-state index contributed by atoms with van der Waals surface area (Å²) in [5.41, 5.74) is 1.39. The molecule has 0 radical (unpaired) electrons. The molecule has 5 nitrogen and oxygen atoms in total. The lowest BCUT2D eigenvalue weighted by atomic mass is 10.1. The molecule has 6 heteroatoms. The van der Waals surface area contributed by atoms with E-state index in [2.05, 4.69) is 0 Å². The average molecular weight is 355 g/mol. The summed E-state index contributed by atoms with van der Waals surface area (Å²) in [6.45, 7) is 8.73. The molecule has 0 fully saturated rings. The summed E-state index contributed by atoms with van der Waals surface area (Å²) in [5, 5.41) is 0.559. The Bertz CT molecular complexity index is 584. The van der Waals surface area contributed by atoms with Crippen LogP contribution < -0.4 is 9.64 Å². The molecule has 0 aliphatic carbocycles. The molecule has 0 heterocycles. The van der Waals surface area contributed by atoms with Gasteiger partial charge in [0.1, 0.15) is 12.3 Å². The maximum atomic E-state index is 12.6. The van der Waals surface area contributed by atoms with Gasteiger partial charge in [0.2, 0.25) is 11.8 Å². The molecule has 0 spiro atoms. The van der Waals surface area contributed by atoms with Gasteiger partial charge in [-0.3, -0.25) is 14.5 Å². The Kier molecular flexibility index (Phi) is 8.05. The van der Waals surface area contributed by atoms with Gasteiger partial charge < -0.3 is 9.64 Å². The van der Waals surface area contributed by atoms with Gasteiger partial charge in [0.25, 0.3) is 0 Å². The lowest BCUT2D eigenvalue weighted by Crippen LogP contribution is -2.43. The van der Waals surface area contributed by atoms with E-state index in [-0.39, 0.29) is 18.4 Å². The van der Waals surface area contributed by atoms with Gasteiger partial charge in [0.05, 0.1) is 12.8 Å². The van der Waals surface area contributed by atoms with Crippen molar-refractivity contribution in [1.29, 1.82) is 0 Å². The second kappa shape index (κ2) is 9.52. The van der Waals surface area contributed by atoms with Crippen molar-refractivity contribution >= 4 is 29.1 Å². The summed E-state index contributed by atoms with van der Waals surface area (Å²) in [6.07, 6.45) is 1.77. The summed E-state index contributed by atoms with van der Waals surface area (Å²) < 4.78 is 5.35. The van der Waals surface area contributed by atoms with Crippen LogP contribution in [0.15, 0.2) is 12.1 Å². The molecule has 0 saturated carbocycles. The Morgan fingerprint density at radius 2 is 1.75 bits per heavy atom. The van der Waals surface area contributed by atoms with Crippen molar-refractivity contribution in [2.75, 3.05) is 31.6 Å². The molecule has 24 heavy (non-hydrogen) atoms. The SMILES string of the molecule is CCCN(CCC)C(=O)CN(C(C)=O)c1cc(C)c(Cl)cc1OC. The highest BCUT2D eigenvalue weighted by Crippen LogP contribution is 2.34. The van der Waals surface area contributed by atoms with Gasteiger partial charge >= 0.3 is 0 Å². The van der Waals surface area contributed by atoms with E-state index < -0.39 is 0 Å². The predicted octanol–water partition coefficient (Wildman–Crippen LogP) is 3.66. The normalized spacial score (nSPS) is 10.4. The van der Waals surface area contributed by atoms with Crippen molar-refractivity contribution in [2.24, 2.45) is 0 Å². The molecule has 1 aromatic carbocycles. The summed E-state index contributed by atoms with van der Waals surface area (Å²) in [6, 6.07) is 3.45. The van der Waals surface area contributed by atoms with Crippen molar-refractivity contribution in [2.45, 2.75) is 40.5 Å². The maximum absolute atomic E-state index is 12.6. The van der Waals surface area contributed by atoms with Crippen LogP contribution in [0.3, 0.4) is 0 Å². The third-order valence-electron chi connectivity index (χ3n) is 3.76. The minimum atomic E-state index is -0.212. The van der Waals surface area contributed by atoms with Gasteiger partial charge in [-0.1, -0.05) is 25.4 Å². The highest BCUT2D eigenvalue weighted by molar-refractivity contribution is 6.31. The summed E-state index contributed by atoms with van der Waals surface area (Å²) >= 11 is 6.13. The van der Waals surface area contributed by atoms with E-state index in [0.717, 1.165) is 18.4 Å². The third kappa shape index (κ3) is 5.13. The fraction of sp³-hybridized carbons (Fsp3) is 0.556. The fourth-order valence-corrected chi connectivity index (χ4v) is 2.68. The first kappa shape index (κ1) is 20.3. The number of carbonyl (C=O) groups is 2. The number of ether oxygens (including phenoxy) is 1. The monoisotopic (exact) mass is 354 g/mol. The van der Waals surface area contributed by atoms with E-state index in [4.69, 9.17) is 16.3 Å². The first-order valence-electron chi connectivity index (χ1n) is 8.25. The van der Waals surface area contributed by atoms with Gasteiger partial charge in [0.15, 0.2) is 0 Å². The number of benzene rings is 1. The summed E-state index contributed by atoms with van der Waals surface area (Å²) in [5.74, 6) is 0.200. The van der Waals surface area contributed by atoms with Gasteiger partial charge in [0, 0.05) is 31.1 Å². The summed E-state index contributed by atoms with van der Waals surface area (Å²) in [7, 11) is 1.52. The van der Waals surface area contributed by atoms with Crippen LogP contribution >= 0.6 is 11.6 Å². The minimum Gasteiger partial charge on any atom is -0.495 e. The maximum Gasteiger partial charge on any atom is 0.242 e. The van der Waals surface area contributed by atoms with Gasteiger partial charge in [-0.15, -0.1) is 0 Å². The predicted molar refractivity (Wildman–Crippen MR) is 97.9 cm³/mol. The van der Waals surface area contributed by atoms with E-state index in [1.54, 1.807) is 17.0 Å². The van der Waals surface area contributed by atoms with E-state index in [0.29, 0.717) is 29.5 Å². The van der Waals surface area contributed by atoms with Gasteiger partial charge in [-0.05, 0) is 31.4 Å². The molecular formula is C18H27ClN2O3. The molecule has 2 amide bonds. The smallest absolute Gasteiger partial charge is 0.242 e. The van der Waals surface area contributed by atoms with Crippen molar-refractivity contribution in [1.82, 2.24) is 4.90 Å². The quantitative estimate of drug-likeness (QED) is 0.715. The van der Waals surface area contributed by atoms with Crippen LogP contribution in [0, 0.1) is 6.92 Å². The first-order chi connectivity index (χ1) is 11.3. The number of anilines is 1. The molecular weight excluding hydrogens is 328 g/mol. The zero-order valence-electron chi connectivity index (χ0n) is 15.2. The molecule has 1 rings (SSSR count). The Morgan fingerprint density at radius 1 is 1.17 bits per heavy atom. The number of halogens is 1. The number of rotatable bonds is 8. The Labute approximate surface area is 149 Å². The standard InChI is InChI=1S/C18H27ClN2O3/c1-6-8-20(9-7-2)18(23)12-21(14(4)22)16-10-13(3)15(19)11-17(16)24-5/h10-11H,6-9,12H2,1-5H3. The fourth-order valence-electron chi connectivity index (χ4n) is 2.52. The molecule has 0 aromatic heterocycles. The highest BCUT2D eigenvalue weighted by atomic mass is 35.5. The highest BCUT2D eigenvalue weighted by Gasteiger charge is 2.23. The number of methoxy groups -OCH3 is 1. The second-order valence-corrected chi connectivity index (χ2v) is 6.17. The number of amides is 2. The molecule has 0 bridgehead atoms. The zero-order valence-corrected chi connectivity index (χ0v) is 15.9. The van der Waals surface area contributed by atoms with Crippen LogP contribution in [0.1, 0.15) is 39.2 Å². The van der Waals surface area contributed by atoms with Crippen molar-refractivity contribution < 1.29 is 14.3 Å². The van der Waals surface area contributed by atoms with Crippen LogP contribution in [0.4, 0.5) is 5.69 Å².